The van der Waals surface area contributed by atoms with Crippen LogP contribution >= 0.6 is 11.8 Å². The van der Waals surface area contributed by atoms with Crippen molar-refractivity contribution in [1.29, 1.82) is 0 Å². The van der Waals surface area contributed by atoms with Gasteiger partial charge in [-0.3, -0.25) is 19.5 Å². The van der Waals surface area contributed by atoms with Gasteiger partial charge in [-0.2, -0.15) is 0 Å². The van der Waals surface area contributed by atoms with Crippen LogP contribution < -0.4 is 0 Å². The van der Waals surface area contributed by atoms with Crippen LogP contribution in [0.3, 0.4) is 0 Å². The van der Waals surface area contributed by atoms with Crippen molar-refractivity contribution >= 4 is 23.6 Å². The number of benzene rings is 1. The monoisotopic (exact) mass is 362 g/mol. The number of amides is 2. The van der Waals surface area contributed by atoms with Crippen LogP contribution in [0.25, 0.3) is 11.3 Å². The summed E-state index contributed by atoms with van der Waals surface area (Å²) >= 11 is 1.46. The van der Waals surface area contributed by atoms with E-state index in [0.29, 0.717) is 23.4 Å². The zero-order valence-electron chi connectivity index (χ0n) is 13.7. The van der Waals surface area contributed by atoms with Crippen LogP contribution in [0.2, 0.25) is 0 Å². The molecule has 128 valence electrons. The van der Waals surface area contributed by atoms with Gasteiger partial charge in [0.1, 0.15) is 5.03 Å². The SMILES string of the molecule is O=C1c2ccccc2C(=O)N1CCSc1ccc(-c2cccnc2)nn1. The van der Waals surface area contributed by atoms with Crippen molar-refractivity contribution in [2.45, 2.75) is 5.03 Å². The minimum absolute atomic E-state index is 0.232. The van der Waals surface area contributed by atoms with Crippen LogP contribution in [-0.4, -0.2) is 44.2 Å². The fraction of sp³-hybridized carbons (Fsp3) is 0.105. The van der Waals surface area contributed by atoms with E-state index >= 15 is 0 Å². The smallest absolute Gasteiger partial charge is 0.261 e. The number of aromatic nitrogens is 3. The summed E-state index contributed by atoms with van der Waals surface area (Å²) in [5.74, 6) is 0.0975. The molecule has 26 heavy (non-hydrogen) atoms. The van der Waals surface area contributed by atoms with E-state index in [1.807, 2.05) is 24.3 Å². The van der Waals surface area contributed by atoms with Crippen LogP contribution in [0.1, 0.15) is 20.7 Å². The largest absolute Gasteiger partial charge is 0.273 e. The topological polar surface area (TPSA) is 76.1 Å². The van der Waals surface area contributed by atoms with Crippen LogP contribution in [-0.2, 0) is 0 Å². The summed E-state index contributed by atoms with van der Waals surface area (Å²) in [6.07, 6.45) is 3.44. The van der Waals surface area contributed by atoms with Gasteiger partial charge in [-0.1, -0.05) is 12.1 Å². The highest BCUT2D eigenvalue weighted by Gasteiger charge is 2.34. The molecule has 2 amide bonds. The second-order valence-electron chi connectivity index (χ2n) is 5.65. The molecule has 0 radical (unpaired) electrons. The lowest BCUT2D eigenvalue weighted by atomic mass is 10.1. The summed E-state index contributed by atoms with van der Waals surface area (Å²) in [6.45, 7) is 0.336. The Kier molecular flexibility index (Phi) is 4.45. The van der Waals surface area contributed by atoms with Crippen molar-refractivity contribution in [3.8, 4) is 11.3 Å². The lowest BCUT2D eigenvalue weighted by molar-refractivity contribution is 0.0664. The minimum Gasteiger partial charge on any atom is -0.273 e. The predicted molar refractivity (Wildman–Crippen MR) is 97.8 cm³/mol. The molecule has 0 aliphatic carbocycles. The van der Waals surface area contributed by atoms with Gasteiger partial charge in [0, 0.05) is 30.3 Å². The van der Waals surface area contributed by atoms with Crippen molar-refractivity contribution in [3.63, 3.8) is 0 Å². The lowest BCUT2D eigenvalue weighted by Crippen LogP contribution is -2.31. The fourth-order valence-corrected chi connectivity index (χ4v) is 3.49. The second kappa shape index (κ2) is 7.05. The normalized spacial score (nSPS) is 13.2. The summed E-state index contributed by atoms with van der Waals surface area (Å²) in [5, 5.41) is 9.14. The molecule has 1 aliphatic rings. The van der Waals surface area contributed by atoms with E-state index in [1.54, 1.807) is 36.7 Å². The van der Waals surface area contributed by atoms with E-state index in [4.69, 9.17) is 0 Å². The maximum atomic E-state index is 12.3. The van der Waals surface area contributed by atoms with Crippen LogP contribution in [0.5, 0.6) is 0 Å². The standard InChI is InChI=1S/C19H14N4O2S/c24-18-14-5-1-2-6-15(14)19(25)23(18)10-11-26-17-8-7-16(21-22-17)13-4-3-9-20-12-13/h1-9,12H,10-11H2. The van der Waals surface area contributed by atoms with Gasteiger partial charge < -0.3 is 0 Å². The highest BCUT2D eigenvalue weighted by molar-refractivity contribution is 7.99. The molecule has 0 spiro atoms. The molecular formula is C19H14N4O2S. The lowest BCUT2D eigenvalue weighted by Gasteiger charge is -2.12. The van der Waals surface area contributed by atoms with E-state index in [9.17, 15) is 9.59 Å². The molecule has 3 aromatic rings. The maximum Gasteiger partial charge on any atom is 0.261 e. The third-order valence-electron chi connectivity index (χ3n) is 4.04. The number of carbonyl (C=O) groups is 2. The first-order valence-electron chi connectivity index (χ1n) is 8.06. The number of thioether (sulfide) groups is 1. The number of hydrogen-bond donors (Lipinski definition) is 0. The molecule has 1 aromatic carbocycles. The molecule has 0 saturated carbocycles. The van der Waals surface area contributed by atoms with Crippen molar-refractivity contribution in [2.24, 2.45) is 0 Å². The molecule has 0 bridgehead atoms. The van der Waals surface area contributed by atoms with E-state index in [-0.39, 0.29) is 11.8 Å². The zero-order chi connectivity index (χ0) is 17.9. The van der Waals surface area contributed by atoms with Crippen molar-refractivity contribution in [3.05, 3.63) is 72.1 Å². The van der Waals surface area contributed by atoms with Gasteiger partial charge in [-0.25, -0.2) is 0 Å². The molecule has 0 unspecified atom stereocenters. The Bertz CT molecular complexity index is 926. The Hall–Kier alpha value is -3.06. The van der Waals surface area contributed by atoms with Crippen LogP contribution in [0.15, 0.2) is 66.0 Å². The minimum atomic E-state index is -0.232. The van der Waals surface area contributed by atoms with Crippen LogP contribution in [0.4, 0.5) is 0 Å². The number of carbonyl (C=O) groups excluding carboxylic acids is 2. The molecule has 4 rings (SSSR count). The molecule has 6 nitrogen and oxygen atoms in total. The van der Waals surface area contributed by atoms with Crippen molar-refractivity contribution < 1.29 is 9.59 Å². The third-order valence-corrected chi connectivity index (χ3v) is 4.94. The first kappa shape index (κ1) is 16.4. The van der Waals surface area contributed by atoms with E-state index < -0.39 is 0 Å². The summed E-state index contributed by atoms with van der Waals surface area (Å²) < 4.78 is 0. The molecule has 0 fully saturated rings. The number of fused-ring (bicyclic) bond motifs is 1. The van der Waals surface area contributed by atoms with Crippen LogP contribution in [0, 0.1) is 0 Å². The summed E-state index contributed by atoms with van der Waals surface area (Å²) in [5.41, 5.74) is 2.61. The first-order valence-corrected chi connectivity index (χ1v) is 9.05. The first-order chi connectivity index (χ1) is 12.7. The molecule has 2 aromatic heterocycles. The summed E-state index contributed by atoms with van der Waals surface area (Å²) in [7, 11) is 0. The van der Waals surface area contributed by atoms with E-state index in [0.717, 1.165) is 16.3 Å². The molecule has 0 N–H and O–H groups in total. The van der Waals surface area contributed by atoms with E-state index in [1.165, 1.54) is 16.7 Å². The van der Waals surface area contributed by atoms with Gasteiger partial charge in [-0.15, -0.1) is 22.0 Å². The highest BCUT2D eigenvalue weighted by Crippen LogP contribution is 2.24. The molecular weight excluding hydrogens is 348 g/mol. The Labute approximate surface area is 154 Å². The number of pyridine rings is 1. The number of imide groups is 1. The Morgan fingerprint density at radius 1 is 0.885 bits per heavy atom. The Morgan fingerprint density at radius 3 is 2.27 bits per heavy atom. The summed E-state index contributed by atoms with van der Waals surface area (Å²) in [6, 6.07) is 14.4. The predicted octanol–water partition coefficient (Wildman–Crippen LogP) is 2.93. The van der Waals surface area contributed by atoms with Crippen molar-refractivity contribution in [1.82, 2.24) is 20.1 Å². The zero-order valence-corrected chi connectivity index (χ0v) is 14.5. The van der Waals surface area contributed by atoms with Gasteiger partial charge in [0.25, 0.3) is 11.8 Å². The molecule has 1 aliphatic heterocycles. The number of hydrogen-bond acceptors (Lipinski definition) is 6. The maximum absolute atomic E-state index is 12.3. The van der Waals surface area contributed by atoms with Gasteiger partial charge >= 0.3 is 0 Å². The number of nitrogens with zero attached hydrogens (tertiary/aromatic N) is 4. The Balaban J connectivity index is 1.37. The second-order valence-corrected chi connectivity index (χ2v) is 6.77. The fourth-order valence-electron chi connectivity index (χ4n) is 2.75. The van der Waals surface area contributed by atoms with Gasteiger partial charge in [0.2, 0.25) is 0 Å². The van der Waals surface area contributed by atoms with Gasteiger partial charge in [-0.05, 0) is 36.4 Å². The molecule has 3 heterocycles. The average molecular weight is 362 g/mol. The van der Waals surface area contributed by atoms with E-state index in [2.05, 4.69) is 15.2 Å². The molecule has 7 heteroatoms. The van der Waals surface area contributed by atoms with Gasteiger partial charge in [0.05, 0.1) is 16.8 Å². The third kappa shape index (κ3) is 3.09. The van der Waals surface area contributed by atoms with Crippen molar-refractivity contribution in [2.75, 3.05) is 12.3 Å². The molecule has 0 saturated heterocycles. The number of rotatable bonds is 5. The average Bonchev–Trinajstić information content (AvgIpc) is 2.94. The quantitative estimate of drug-likeness (QED) is 0.513. The summed E-state index contributed by atoms with van der Waals surface area (Å²) in [4.78, 5) is 30.0. The van der Waals surface area contributed by atoms with Gasteiger partial charge in [0.15, 0.2) is 0 Å². The highest BCUT2D eigenvalue weighted by atomic mass is 32.2. The molecule has 0 atom stereocenters. The Morgan fingerprint density at radius 2 is 1.65 bits per heavy atom.